The Hall–Kier alpha value is -2.21. The molecule has 5 nitrogen and oxygen atoms in total. The van der Waals surface area contributed by atoms with E-state index in [1.165, 1.54) is 11.3 Å². The van der Waals surface area contributed by atoms with Crippen molar-refractivity contribution in [3.8, 4) is 11.5 Å². The third kappa shape index (κ3) is 4.21. The Kier molecular flexibility index (Phi) is 5.53. The summed E-state index contributed by atoms with van der Waals surface area (Å²) >= 11 is 1.72. The number of amides is 1. The molecule has 1 aromatic carbocycles. The van der Waals surface area contributed by atoms with Crippen LogP contribution in [0.2, 0.25) is 0 Å². The molecule has 2 aromatic rings. The minimum Gasteiger partial charge on any atom is -0.486 e. The standard InChI is InChI=1S/C21H26N2O3S/c1-16-5-2-3-9-23(16)21(24)15-22(14-18-6-4-12-27-18)17-7-8-19-20(13-17)26-11-10-25-19/h4,6-8,12-13,16H,2-3,5,9-11,14-15H2,1H3. The molecule has 0 bridgehead atoms. The average molecular weight is 387 g/mol. The number of anilines is 1. The maximum Gasteiger partial charge on any atom is 0.242 e. The van der Waals surface area contributed by atoms with Gasteiger partial charge in [0.15, 0.2) is 11.5 Å². The molecule has 1 aromatic heterocycles. The highest BCUT2D eigenvalue weighted by molar-refractivity contribution is 7.09. The van der Waals surface area contributed by atoms with Crippen LogP contribution in [0, 0.1) is 0 Å². The number of thiophene rings is 1. The Balaban J connectivity index is 1.56. The first-order valence-corrected chi connectivity index (χ1v) is 10.5. The molecule has 144 valence electrons. The quantitative estimate of drug-likeness (QED) is 0.781. The second-order valence-electron chi connectivity index (χ2n) is 7.20. The average Bonchev–Trinajstić information content (AvgIpc) is 3.20. The van der Waals surface area contributed by atoms with E-state index in [9.17, 15) is 4.79 Å². The van der Waals surface area contributed by atoms with Gasteiger partial charge in [-0.3, -0.25) is 4.79 Å². The molecule has 2 aliphatic rings. The van der Waals surface area contributed by atoms with Crippen molar-refractivity contribution in [3.05, 3.63) is 40.6 Å². The van der Waals surface area contributed by atoms with E-state index in [0.29, 0.717) is 32.3 Å². The van der Waals surface area contributed by atoms with Gasteiger partial charge in [0.1, 0.15) is 13.2 Å². The van der Waals surface area contributed by atoms with Gasteiger partial charge >= 0.3 is 0 Å². The number of likely N-dealkylation sites (tertiary alicyclic amines) is 1. The van der Waals surface area contributed by atoms with E-state index in [1.807, 2.05) is 23.1 Å². The predicted molar refractivity (Wildman–Crippen MR) is 108 cm³/mol. The first kappa shape index (κ1) is 18.2. The Morgan fingerprint density at radius 2 is 2.07 bits per heavy atom. The molecule has 27 heavy (non-hydrogen) atoms. The van der Waals surface area contributed by atoms with Crippen molar-refractivity contribution >= 4 is 22.9 Å². The minimum atomic E-state index is 0.202. The van der Waals surface area contributed by atoms with Crippen LogP contribution in [0.15, 0.2) is 35.7 Å². The topological polar surface area (TPSA) is 42.0 Å². The molecule has 1 fully saturated rings. The summed E-state index contributed by atoms with van der Waals surface area (Å²) in [4.78, 5) is 18.5. The molecule has 0 N–H and O–H groups in total. The van der Waals surface area contributed by atoms with Gasteiger partial charge in [-0.05, 0) is 49.8 Å². The third-order valence-corrected chi connectivity index (χ3v) is 6.13. The minimum absolute atomic E-state index is 0.202. The Bertz CT molecular complexity index is 778. The van der Waals surface area contributed by atoms with Gasteiger partial charge in [0, 0.05) is 29.2 Å². The fourth-order valence-corrected chi connectivity index (χ4v) is 4.50. The molecule has 2 aliphatic heterocycles. The van der Waals surface area contributed by atoms with Crippen molar-refractivity contribution in [2.45, 2.75) is 38.8 Å². The number of nitrogens with zero attached hydrogens (tertiary/aromatic N) is 2. The maximum absolute atomic E-state index is 13.0. The van der Waals surface area contributed by atoms with Crippen LogP contribution in [0.3, 0.4) is 0 Å². The SMILES string of the molecule is CC1CCCCN1C(=O)CN(Cc1cccs1)c1ccc2c(c1)OCCO2. The van der Waals surface area contributed by atoms with Crippen LogP contribution < -0.4 is 14.4 Å². The summed E-state index contributed by atoms with van der Waals surface area (Å²) in [7, 11) is 0. The van der Waals surface area contributed by atoms with Gasteiger partial charge in [0.2, 0.25) is 5.91 Å². The summed E-state index contributed by atoms with van der Waals surface area (Å²) in [6.45, 7) is 5.26. The third-order valence-electron chi connectivity index (χ3n) is 5.27. The van der Waals surface area contributed by atoms with Gasteiger partial charge < -0.3 is 19.3 Å². The monoisotopic (exact) mass is 386 g/mol. The number of piperidine rings is 1. The van der Waals surface area contributed by atoms with Gasteiger partial charge in [-0.2, -0.15) is 0 Å². The highest BCUT2D eigenvalue weighted by Gasteiger charge is 2.25. The van der Waals surface area contributed by atoms with E-state index < -0.39 is 0 Å². The summed E-state index contributed by atoms with van der Waals surface area (Å²) in [6.07, 6.45) is 3.41. The van der Waals surface area contributed by atoms with Gasteiger partial charge in [-0.15, -0.1) is 11.3 Å². The Labute approximate surface area is 164 Å². The van der Waals surface area contributed by atoms with Crippen LogP contribution in [0.5, 0.6) is 11.5 Å². The molecule has 3 heterocycles. The van der Waals surface area contributed by atoms with E-state index >= 15 is 0 Å². The molecule has 1 amide bonds. The number of rotatable bonds is 5. The fraction of sp³-hybridized carbons (Fsp3) is 0.476. The van der Waals surface area contributed by atoms with Crippen LogP contribution in [-0.4, -0.2) is 43.2 Å². The van der Waals surface area contributed by atoms with Crippen molar-refractivity contribution < 1.29 is 14.3 Å². The normalized spacial score (nSPS) is 19.0. The van der Waals surface area contributed by atoms with Crippen molar-refractivity contribution in [1.82, 2.24) is 4.90 Å². The zero-order valence-electron chi connectivity index (χ0n) is 15.7. The fourth-order valence-electron chi connectivity index (χ4n) is 3.78. The van der Waals surface area contributed by atoms with E-state index in [-0.39, 0.29) is 5.91 Å². The molecule has 0 radical (unpaired) electrons. The molecule has 0 saturated carbocycles. The van der Waals surface area contributed by atoms with Crippen LogP contribution >= 0.6 is 11.3 Å². The summed E-state index contributed by atoms with van der Waals surface area (Å²) < 4.78 is 11.4. The predicted octanol–water partition coefficient (Wildman–Crippen LogP) is 3.93. The van der Waals surface area contributed by atoms with Crippen molar-refractivity contribution in [3.63, 3.8) is 0 Å². The van der Waals surface area contributed by atoms with E-state index in [1.54, 1.807) is 11.3 Å². The zero-order valence-corrected chi connectivity index (χ0v) is 16.5. The van der Waals surface area contributed by atoms with Crippen molar-refractivity contribution in [2.75, 3.05) is 31.2 Å². The number of carbonyl (C=O) groups excluding carboxylic acids is 1. The molecule has 1 atom stereocenters. The smallest absolute Gasteiger partial charge is 0.242 e. The summed E-state index contributed by atoms with van der Waals surface area (Å²) in [5.74, 6) is 1.74. The second kappa shape index (κ2) is 8.21. The van der Waals surface area contributed by atoms with E-state index in [2.05, 4.69) is 29.3 Å². The molecule has 6 heteroatoms. The van der Waals surface area contributed by atoms with Crippen molar-refractivity contribution in [1.29, 1.82) is 0 Å². The molecule has 1 unspecified atom stereocenters. The lowest BCUT2D eigenvalue weighted by Crippen LogP contribution is -2.46. The number of fused-ring (bicyclic) bond motifs is 1. The zero-order chi connectivity index (χ0) is 18.6. The number of benzene rings is 1. The van der Waals surface area contributed by atoms with Crippen LogP contribution in [0.4, 0.5) is 5.69 Å². The molecular weight excluding hydrogens is 360 g/mol. The second-order valence-corrected chi connectivity index (χ2v) is 8.23. The number of hydrogen-bond acceptors (Lipinski definition) is 5. The molecule has 0 aliphatic carbocycles. The number of hydrogen-bond donors (Lipinski definition) is 0. The first-order chi connectivity index (χ1) is 13.2. The highest BCUT2D eigenvalue weighted by Crippen LogP contribution is 2.34. The molecule has 4 rings (SSSR count). The van der Waals surface area contributed by atoms with E-state index in [0.717, 1.165) is 36.6 Å². The summed E-state index contributed by atoms with van der Waals surface area (Å²) in [5.41, 5.74) is 0.991. The lowest BCUT2D eigenvalue weighted by Gasteiger charge is -2.35. The van der Waals surface area contributed by atoms with Crippen LogP contribution in [0.1, 0.15) is 31.1 Å². The summed E-state index contributed by atoms with van der Waals surface area (Å²) in [5, 5.41) is 2.08. The maximum atomic E-state index is 13.0. The summed E-state index contributed by atoms with van der Waals surface area (Å²) in [6, 6.07) is 10.5. The molecule has 1 saturated heterocycles. The van der Waals surface area contributed by atoms with Gasteiger partial charge in [-0.25, -0.2) is 0 Å². The Morgan fingerprint density at radius 3 is 2.85 bits per heavy atom. The first-order valence-electron chi connectivity index (χ1n) is 9.67. The Morgan fingerprint density at radius 1 is 1.22 bits per heavy atom. The van der Waals surface area contributed by atoms with Gasteiger partial charge in [0.25, 0.3) is 0 Å². The van der Waals surface area contributed by atoms with Crippen LogP contribution in [-0.2, 0) is 11.3 Å². The number of ether oxygens (including phenoxy) is 2. The lowest BCUT2D eigenvalue weighted by molar-refractivity contribution is -0.132. The van der Waals surface area contributed by atoms with Gasteiger partial charge in [0.05, 0.1) is 13.1 Å². The van der Waals surface area contributed by atoms with E-state index in [4.69, 9.17) is 9.47 Å². The highest BCUT2D eigenvalue weighted by atomic mass is 32.1. The number of carbonyl (C=O) groups is 1. The lowest BCUT2D eigenvalue weighted by atomic mass is 10.0. The van der Waals surface area contributed by atoms with Gasteiger partial charge in [-0.1, -0.05) is 6.07 Å². The molecular formula is C21H26N2O3S. The molecule has 0 spiro atoms. The van der Waals surface area contributed by atoms with Crippen molar-refractivity contribution in [2.24, 2.45) is 0 Å². The largest absolute Gasteiger partial charge is 0.486 e. The van der Waals surface area contributed by atoms with Crippen LogP contribution in [0.25, 0.3) is 0 Å².